The number of aromatic hydroxyl groups is 1. The van der Waals surface area contributed by atoms with E-state index in [2.05, 4.69) is 30.9 Å². The van der Waals surface area contributed by atoms with Crippen LogP contribution in [0.25, 0.3) is 10.8 Å². The van der Waals surface area contributed by atoms with Crippen molar-refractivity contribution in [1.82, 2.24) is 15.0 Å². The molecule has 1 amide bonds. The highest BCUT2D eigenvalue weighted by Crippen LogP contribution is 2.30. The number of anilines is 5. The second-order valence-electron chi connectivity index (χ2n) is 6.92. The zero-order valence-corrected chi connectivity index (χ0v) is 17.9. The molecule has 10 nitrogen and oxygen atoms in total. The molecule has 5 N–H and O–H groups in total. The summed E-state index contributed by atoms with van der Waals surface area (Å²) in [5, 5.41) is 29.7. The Morgan fingerprint density at radius 2 is 1.61 bits per heavy atom. The van der Waals surface area contributed by atoms with Crippen molar-refractivity contribution in [2.24, 2.45) is 0 Å². The van der Waals surface area contributed by atoms with Gasteiger partial charge < -0.3 is 26.2 Å². The molecule has 4 rings (SSSR count). The molecule has 0 aliphatic heterocycles. The average molecular weight is 465 g/mol. The van der Waals surface area contributed by atoms with Gasteiger partial charge in [-0.05, 0) is 35.0 Å². The zero-order chi connectivity index (χ0) is 23.5. The number of hydrogen-bond donors (Lipinski definition) is 5. The lowest BCUT2D eigenvalue weighted by atomic mass is 10.0. The predicted octanol–water partition coefficient (Wildman–Crippen LogP) is 4.53. The molecule has 3 aromatic carbocycles. The summed E-state index contributed by atoms with van der Waals surface area (Å²) in [6.07, 6.45) is 0. The number of nitrogens with one attached hydrogen (secondary N) is 3. The number of nitrogens with zero attached hydrogens (tertiary/aromatic N) is 3. The van der Waals surface area contributed by atoms with Crippen LogP contribution >= 0.6 is 11.6 Å². The highest BCUT2D eigenvalue weighted by molar-refractivity contribution is 6.33. The maximum absolute atomic E-state index is 11.9. The van der Waals surface area contributed by atoms with Gasteiger partial charge >= 0.3 is 12.0 Å². The minimum Gasteiger partial charge on any atom is -0.479 e. The molecule has 11 heteroatoms. The van der Waals surface area contributed by atoms with Crippen LogP contribution in [0.15, 0.2) is 54.6 Å². The Bertz CT molecular complexity index is 1390. The Balaban J connectivity index is 1.68. The monoisotopic (exact) mass is 464 g/mol. The van der Waals surface area contributed by atoms with Gasteiger partial charge in [0.05, 0.1) is 22.0 Å². The van der Waals surface area contributed by atoms with Crippen LogP contribution in [0.5, 0.6) is 6.01 Å². The topological polar surface area (TPSA) is 149 Å². The number of fused-ring (bicyclic) bond motifs is 1. The molecule has 33 heavy (non-hydrogen) atoms. The molecule has 0 saturated heterocycles. The number of halogens is 1. The van der Waals surface area contributed by atoms with Crippen molar-refractivity contribution in [3.05, 3.63) is 65.2 Å². The first-order valence-electron chi connectivity index (χ1n) is 9.61. The first kappa shape index (κ1) is 21.8. The summed E-state index contributed by atoms with van der Waals surface area (Å²) in [7, 11) is 0. The van der Waals surface area contributed by atoms with Crippen molar-refractivity contribution in [3.63, 3.8) is 0 Å². The van der Waals surface area contributed by atoms with E-state index in [-0.39, 0.29) is 29.1 Å². The van der Waals surface area contributed by atoms with Crippen LogP contribution in [-0.4, -0.2) is 37.0 Å². The summed E-state index contributed by atoms with van der Waals surface area (Å²) in [6, 6.07) is 14.6. The van der Waals surface area contributed by atoms with Crippen LogP contribution in [-0.2, 0) is 4.79 Å². The highest BCUT2D eigenvalue weighted by Gasteiger charge is 2.16. The van der Waals surface area contributed by atoms with Gasteiger partial charge in [-0.3, -0.25) is 4.79 Å². The van der Waals surface area contributed by atoms with E-state index < -0.39 is 12.0 Å². The molecule has 0 bridgehead atoms. The smallest absolute Gasteiger partial charge is 0.338 e. The summed E-state index contributed by atoms with van der Waals surface area (Å²) in [5.74, 6) is -1.52. The quantitative estimate of drug-likeness (QED) is 0.277. The van der Waals surface area contributed by atoms with E-state index in [0.29, 0.717) is 21.8 Å². The number of amides is 1. The predicted molar refractivity (Wildman–Crippen MR) is 125 cm³/mol. The van der Waals surface area contributed by atoms with Gasteiger partial charge in [-0.2, -0.15) is 15.0 Å². The van der Waals surface area contributed by atoms with Crippen LogP contribution in [0, 0.1) is 0 Å². The van der Waals surface area contributed by atoms with Gasteiger partial charge in [-0.15, -0.1) is 0 Å². The van der Waals surface area contributed by atoms with E-state index in [9.17, 15) is 19.8 Å². The summed E-state index contributed by atoms with van der Waals surface area (Å²) < 4.78 is 0. The molecule has 0 aliphatic carbocycles. The van der Waals surface area contributed by atoms with Gasteiger partial charge in [0.25, 0.3) is 0 Å². The number of carboxylic acids is 1. The number of aromatic nitrogens is 3. The molecule has 0 aliphatic rings. The number of carbonyl (C=O) groups is 2. The summed E-state index contributed by atoms with van der Waals surface area (Å²) in [5.41, 5.74) is 1.14. The second kappa shape index (κ2) is 8.97. The van der Waals surface area contributed by atoms with Gasteiger partial charge in [0, 0.05) is 12.6 Å². The first-order chi connectivity index (χ1) is 15.8. The molecule has 4 aromatic rings. The molecule has 0 fully saturated rings. The Hall–Kier alpha value is -4.44. The van der Waals surface area contributed by atoms with E-state index >= 15 is 0 Å². The number of hydrogen-bond acceptors (Lipinski definition) is 8. The van der Waals surface area contributed by atoms with E-state index in [0.717, 1.165) is 5.39 Å². The van der Waals surface area contributed by atoms with Gasteiger partial charge in [0.2, 0.25) is 17.8 Å². The molecular weight excluding hydrogens is 448 g/mol. The van der Waals surface area contributed by atoms with Crippen molar-refractivity contribution >= 4 is 63.2 Å². The lowest BCUT2D eigenvalue weighted by molar-refractivity contribution is -0.114. The standard InChI is InChI=1S/C22H17ClN6O4/c1-11(30)24-13-7-8-15(23)17(10-13)26-21-27-20(28-22(33)29-21)25-16-9-6-12-4-2-3-5-14(12)18(16)19(31)32/h2-10H,1H3,(H,24,30)(H,31,32)(H3,25,26,27,28,29,33). The van der Waals surface area contributed by atoms with Crippen LogP contribution < -0.4 is 16.0 Å². The van der Waals surface area contributed by atoms with E-state index in [1.54, 1.807) is 48.5 Å². The number of benzene rings is 3. The third-order valence-electron chi connectivity index (χ3n) is 4.55. The fraction of sp³-hybridized carbons (Fsp3) is 0.0455. The highest BCUT2D eigenvalue weighted by atomic mass is 35.5. The third-order valence-corrected chi connectivity index (χ3v) is 4.88. The molecule has 0 unspecified atom stereocenters. The fourth-order valence-electron chi connectivity index (χ4n) is 3.23. The molecule has 166 valence electrons. The Labute approximate surface area is 192 Å². The van der Waals surface area contributed by atoms with E-state index in [4.69, 9.17) is 11.6 Å². The minimum absolute atomic E-state index is 0.0357. The van der Waals surface area contributed by atoms with Gasteiger partial charge in [-0.25, -0.2) is 4.79 Å². The lowest BCUT2D eigenvalue weighted by Gasteiger charge is -2.13. The van der Waals surface area contributed by atoms with Gasteiger partial charge in [-0.1, -0.05) is 41.9 Å². The van der Waals surface area contributed by atoms with Gasteiger partial charge in [0.1, 0.15) is 0 Å². The first-order valence-corrected chi connectivity index (χ1v) is 9.99. The molecule has 1 aromatic heterocycles. The molecule has 0 atom stereocenters. The summed E-state index contributed by atoms with van der Waals surface area (Å²) in [4.78, 5) is 35.1. The average Bonchev–Trinajstić information content (AvgIpc) is 2.75. The van der Waals surface area contributed by atoms with Crippen LogP contribution in [0.1, 0.15) is 17.3 Å². The van der Waals surface area contributed by atoms with Crippen molar-refractivity contribution < 1.29 is 19.8 Å². The van der Waals surface area contributed by atoms with Crippen molar-refractivity contribution in [2.45, 2.75) is 6.92 Å². The molecule has 0 spiro atoms. The Morgan fingerprint density at radius 1 is 0.909 bits per heavy atom. The molecule has 0 radical (unpaired) electrons. The minimum atomic E-state index is -1.13. The van der Waals surface area contributed by atoms with Crippen molar-refractivity contribution in [1.29, 1.82) is 0 Å². The lowest BCUT2D eigenvalue weighted by Crippen LogP contribution is -2.08. The Morgan fingerprint density at radius 3 is 2.30 bits per heavy atom. The largest absolute Gasteiger partial charge is 0.479 e. The van der Waals surface area contributed by atoms with Crippen LogP contribution in [0.2, 0.25) is 5.02 Å². The molecular formula is C22H17ClN6O4. The SMILES string of the molecule is CC(=O)Nc1ccc(Cl)c(Nc2nc(O)nc(Nc3ccc4ccccc4c3C(=O)O)n2)c1. The Kier molecular flexibility index (Phi) is 5.92. The molecule has 1 heterocycles. The van der Waals surface area contributed by atoms with Gasteiger partial charge in [0.15, 0.2) is 0 Å². The summed E-state index contributed by atoms with van der Waals surface area (Å²) in [6.45, 7) is 1.38. The van der Waals surface area contributed by atoms with Crippen molar-refractivity contribution in [2.75, 3.05) is 16.0 Å². The maximum Gasteiger partial charge on any atom is 0.338 e. The molecule has 0 saturated carbocycles. The fourth-order valence-corrected chi connectivity index (χ4v) is 3.39. The van der Waals surface area contributed by atoms with Crippen LogP contribution in [0.3, 0.4) is 0 Å². The van der Waals surface area contributed by atoms with E-state index in [1.807, 2.05) is 6.07 Å². The maximum atomic E-state index is 11.9. The normalized spacial score (nSPS) is 10.6. The van der Waals surface area contributed by atoms with Crippen LogP contribution in [0.4, 0.5) is 29.0 Å². The third kappa shape index (κ3) is 4.91. The number of carbonyl (C=O) groups excluding carboxylic acids is 1. The number of carboxylic acid groups (broad SMARTS) is 1. The van der Waals surface area contributed by atoms with E-state index in [1.165, 1.54) is 6.92 Å². The van der Waals surface area contributed by atoms with Crippen molar-refractivity contribution in [3.8, 4) is 6.01 Å². The number of rotatable bonds is 6. The zero-order valence-electron chi connectivity index (χ0n) is 17.1. The number of aromatic carboxylic acids is 1. The second-order valence-corrected chi connectivity index (χ2v) is 7.33. The summed E-state index contributed by atoms with van der Waals surface area (Å²) >= 11 is 6.21.